The molecule has 0 amide bonds. The Hall–Kier alpha value is -0.680. The summed E-state index contributed by atoms with van der Waals surface area (Å²) < 4.78 is 0. The highest BCUT2D eigenvalue weighted by Gasteiger charge is 2.43. The highest BCUT2D eigenvalue weighted by Crippen LogP contribution is 2.36. The van der Waals surface area contributed by atoms with E-state index in [0.717, 1.165) is 38.5 Å². The van der Waals surface area contributed by atoms with Crippen molar-refractivity contribution in [2.24, 2.45) is 11.8 Å². The summed E-state index contributed by atoms with van der Waals surface area (Å²) in [5.74, 6) is 0.436. The molecule has 2 aliphatic rings. The number of hydrogen-bond donors (Lipinski definition) is 4. The summed E-state index contributed by atoms with van der Waals surface area (Å²) in [7, 11) is 0. The summed E-state index contributed by atoms with van der Waals surface area (Å²) in [5, 5.41) is 32.5. The molecule has 0 radical (unpaired) electrons. The van der Waals surface area contributed by atoms with Crippen molar-refractivity contribution < 1.29 is 15.3 Å². The second-order valence-corrected chi connectivity index (χ2v) is 6.86. The van der Waals surface area contributed by atoms with Crippen molar-refractivity contribution in [3.05, 3.63) is 23.8 Å². The van der Waals surface area contributed by atoms with E-state index in [1.165, 1.54) is 5.57 Å². The Balaban J connectivity index is 1.93. The molecule has 4 heteroatoms. The molecule has 2 aliphatic carbocycles. The highest BCUT2D eigenvalue weighted by atomic mass is 16.5. The average molecular weight is 309 g/mol. The van der Waals surface area contributed by atoms with Crippen molar-refractivity contribution >= 4 is 0 Å². The first-order valence-electron chi connectivity index (χ1n) is 8.68. The molecule has 0 bridgehead atoms. The molecule has 0 aromatic heterocycles. The predicted octanol–water partition coefficient (Wildman–Crippen LogP) is 2.11. The molecular weight excluding hydrogens is 278 g/mol. The zero-order valence-corrected chi connectivity index (χ0v) is 13.8. The third-order valence-corrected chi connectivity index (χ3v) is 5.12. The number of aliphatic hydroxyl groups is 3. The van der Waals surface area contributed by atoms with Gasteiger partial charge in [-0.1, -0.05) is 44.1 Å². The molecule has 3 unspecified atom stereocenters. The number of aliphatic hydroxyl groups excluding tert-OH is 2. The second-order valence-electron chi connectivity index (χ2n) is 6.86. The summed E-state index contributed by atoms with van der Waals surface area (Å²) in [6.07, 6.45) is 10.9. The van der Waals surface area contributed by atoms with Gasteiger partial charge in [-0.25, -0.2) is 0 Å². The van der Waals surface area contributed by atoms with E-state index < -0.39 is 6.29 Å². The Labute approximate surface area is 133 Å². The first-order chi connectivity index (χ1) is 10.5. The van der Waals surface area contributed by atoms with E-state index in [-0.39, 0.29) is 30.0 Å². The third kappa shape index (κ3) is 4.92. The smallest absolute Gasteiger partial charge is 0.167 e. The van der Waals surface area contributed by atoms with Crippen molar-refractivity contribution in [3.63, 3.8) is 0 Å². The van der Waals surface area contributed by atoms with Crippen LogP contribution in [0.15, 0.2) is 23.8 Å². The van der Waals surface area contributed by atoms with Crippen LogP contribution in [-0.2, 0) is 0 Å². The third-order valence-electron chi connectivity index (χ3n) is 5.12. The minimum atomic E-state index is -1.36. The van der Waals surface area contributed by atoms with Gasteiger partial charge in [0.25, 0.3) is 0 Å². The molecule has 0 aromatic carbocycles. The van der Waals surface area contributed by atoms with Crippen LogP contribution in [0.5, 0.6) is 0 Å². The zero-order valence-electron chi connectivity index (χ0n) is 13.8. The molecule has 4 nitrogen and oxygen atoms in total. The molecule has 0 saturated heterocycles. The van der Waals surface area contributed by atoms with Gasteiger partial charge >= 0.3 is 0 Å². The topological polar surface area (TPSA) is 72.7 Å². The summed E-state index contributed by atoms with van der Waals surface area (Å²) in [4.78, 5) is 0. The van der Waals surface area contributed by atoms with Crippen LogP contribution in [-0.4, -0.2) is 39.8 Å². The van der Waals surface area contributed by atoms with Gasteiger partial charge < -0.3 is 20.6 Å². The van der Waals surface area contributed by atoms with Gasteiger partial charge in [0, 0.05) is 12.0 Å². The Kier molecular flexibility index (Phi) is 6.63. The first-order valence-corrected chi connectivity index (χ1v) is 8.68. The van der Waals surface area contributed by atoms with E-state index in [1.807, 2.05) is 6.92 Å². The summed E-state index contributed by atoms with van der Waals surface area (Å²) >= 11 is 0. The van der Waals surface area contributed by atoms with Crippen LogP contribution in [0.3, 0.4) is 0 Å². The number of rotatable bonds is 9. The lowest BCUT2D eigenvalue weighted by Gasteiger charge is -2.31. The van der Waals surface area contributed by atoms with Gasteiger partial charge in [0.2, 0.25) is 0 Å². The van der Waals surface area contributed by atoms with Crippen LogP contribution in [0, 0.1) is 11.8 Å². The van der Waals surface area contributed by atoms with Crippen molar-refractivity contribution in [1.29, 1.82) is 0 Å². The zero-order chi connectivity index (χ0) is 16.1. The lowest BCUT2D eigenvalue weighted by atomic mass is 9.94. The Bertz CT molecular complexity index is 405. The van der Waals surface area contributed by atoms with E-state index >= 15 is 0 Å². The molecule has 126 valence electrons. The van der Waals surface area contributed by atoms with E-state index in [4.69, 9.17) is 0 Å². The minimum absolute atomic E-state index is 0.145. The van der Waals surface area contributed by atoms with Crippen LogP contribution >= 0.6 is 0 Å². The predicted molar refractivity (Wildman–Crippen MR) is 88.2 cm³/mol. The molecule has 5 atom stereocenters. The van der Waals surface area contributed by atoms with Gasteiger partial charge in [-0.05, 0) is 38.0 Å². The van der Waals surface area contributed by atoms with Gasteiger partial charge in [-0.3, -0.25) is 0 Å². The molecule has 0 spiro atoms. The van der Waals surface area contributed by atoms with Crippen molar-refractivity contribution in [3.8, 4) is 0 Å². The Morgan fingerprint density at radius 3 is 2.55 bits per heavy atom. The maximum Gasteiger partial charge on any atom is 0.167 e. The van der Waals surface area contributed by atoms with Gasteiger partial charge in [-0.15, -0.1) is 0 Å². The standard InChI is InChI=1S/C18H31NO3/c1-3-12(2)17(18(21)22)19-15(14-11-16(14)20)10-9-13-7-5-4-6-8-13/h5,7-8,12,14-22H,3-4,6,9-11H2,1-2H3/t12?,14?,15-,16+,17?/m0/s1. The van der Waals surface area contributed by atoms with Crippen molar-refractivity contribution in [1.82, 2.24) is 5.32 Å². The van der Waals surface area contributed by atoms with Crippen LogP contribution in [0.1, 0.15) is 52.4 Å². The van der Waals surface area contributed by atoms with E-state index in [1.54, 1.807) is 0 Å². The summed E-state index contributed by atoms with van der Waals surface area (Å²) in [6.45, 7) is 4.09. The van der Waals surface area contributed by atoms with Gasteiger partial charge in [0.1, 0.15) is 0 Å². The normalized spacial score (nSPS) is 28.4. The lowest BCUT2D eigenvalue weighted by molar-refractivity contribution is -0.0831. The quantitative estimate of drug-likeness (QED) is 0.492. The first kappa shape index (κ1) is 17.7. The number of hydrogen-bond acceptors (Lipinski definition) is 4. The lowest BCUT2D eigenvalue weighted by Crippen LogP contribution is -2.50. The Morgan fingerprint density at radius 2 is 2.05 bits per heavy atom. The maximum absolute atomic E-state index is 9.79. The molecule has 0 aliphatic heterocycles. The van der Waals surface area contributed by atoms with Crippen molar-refractivity contribution in [2.45, 2.75) is 76.9 Å². The van der Waals surface area contributed by atoms with Crippen LogP contribution in [0.4, 0.5) is 0 Å². The van der Waals surface area contributed by atoms with Crippen LogP contribution < -0.4 is 5.32 Å². The molecule has 0 heterocycles. The summed E-state index contributed by atoms with van der Waals surface area (Å²) in [5.41, 5.74) is 1.36. The van der Waals surface area contributed by atoms with Gasteiger partial charge in [0.15, 0.2) is 6.29 Å². The minimum Gasteiger partial charge on any atom is -0.393 e. The fraction of sp³-hybridized carbons (Fsp3) is 0.778. The Morgan fingerprint density at radius 1 is 1.32 bits per heavy atom. The molecule has 22 heavy (non-hydrogen) atoms. The van der Waals surface area contributed by atoms with Gasteiger partial charge in [0.05, 0.1) is 12.1 Å². The monoisotopic (exact) mass is 309 g/mol. The van der Waals surface area contributed by atoms with E-state index in [2.05, 4.69) is 30.5 Å². The molecule has 1 saturated carbocycles. The number of nitrogens with one attached hydrogen (secondary N) is 1. The number of allylic oxidation sites excluding steroid dienone is 4. The fourth-order valence-corrected chi connectivity index (χ4v) is 3.27. The molecule has 1 fully saturated rings. The van der Waals surface area contributed by atoms with Gasteiger partial charge in [-0.2, -0.15) is 0 Å². The fourth-order valence-electron chi connectivity index (χ4n) is 3.27. The highest BCUT2D eigenvalue weighted by molar-refractivity contribution is 5.22. The molecule has 0 aromatic rings. The molecular formula is C18H31NO3. The second kappa shape index (κ2) is 8.25. The van der Waals surface area contributed by atoms with Crippen LogP contribution in [0.2, 0.25) is 0 Å². The average Bonchev–Trinajstić information content (AvgIpc) is 3.24. The maximum atomic E-state index is 9.79. The SMILES string of the molecule is CCC(C)C(N[C@@H](CCC1=CCCC=C1)C1C[C@H]1O)C(O)O. The van der Waals surface area contributed by atoms with Crippen LogP contribution in [0.25, 0.3) is 0 Å². The molecule has 2 rings (SSSR count). The van der Waals surface area contributed by atoms with E-state index in [9.17, 15) is 15.3 Å². The molecule has 4 N–H and O–H groups in total. The summed E-state index contributed by atoms with van der Waals surface area (Å²) in [6, 6.07) is -0.189. The van der Waals surface area contributed by atoms with E-state index in [0.29, 0.717) is 0 Å². The largest absolute Gasteiger partial charge is 0.393 e. The van der Waals surface area contributed by atoms with Crippen molar-refractivity contribution in [2.75, 3.05) is 0 Å².